The number of aryl methyl sites for hydroxylation is 1. The van der Waals surface area contributed by atoms with Crippen LogP contribution in [0.3, 0.4) is 0 Å². The van der Waals surface area contributed by atoms with E-state index in [4.69, 9.17) is 5.26 Å². The van der Waals surface area contributed by atoms with Crippen molar-refractivity contribution in [3.8, 4) is 17.3 Å². The zero-order valence-corrected chi connectivity index (χ0v) is 9.60. The highest BCUT2D eigenvalue weighted by molar-refractivity contribution is 5.64. The quantitative estimate of drug-likeness (QED) is 0.842. The van der Waals surface area contributed by atoms with E-state index in [0.717, 1.165) is 16.8 Å². The molecular formula is C12H11N5. The van der Waals surface area contributed by atoms with Crippen molar-refractivity contribution in [2.45, 2.75) is 6.92 Å². The van der Waals surface area contributed by atoms with Gasteiger partial charge in [0.1, 0.15) is 6.07 Å². The number of nitrogens with zero attached hydrogens (tertiary/aromatic N) is 4. The van der Waals surface area contributed by atoms with Crippen LogP contribution in [0, 0.1) is 18.3 Å². The highest BCUT2D eigenvalue weighted by Gasteiger charge is 2.07. The van der Waals surface area contributed by atoms with Crippen LogP contribution < -0.4 is 5.32 Å². The molecule has 2 heterocycles. The Labute approximate surface area is 99.2 Å². The zero-order valence-electron chi connectivity index (χ0n) is 9.60. The van der Waals surface area contributed by atoms with Crippen LogP contribution in [-0.2, 0) is 0 Å². The third kappa shape index (κ3) is 2.21. The lowest BCUT2D eigenvalue weighted by Crippen LogP contribution is -1.99. The average Bonchev–Trinajstić information content (AvgIpc) is 2.39. The number of aromatic nitrogens is 3. The molecule has 0 bridgehead atoms. The molecule has 0 saturated heterocycles. The van der Waals surface area contributed by atoms with Crippen LogP contribution in [0.15, 0.2) is 24.7 Å². The Morgan fingerprint density at radius 2 is 2.12 bits per heavy atom. The summed E-state index contributed by atoms with van der Waals surface area (Å²) in [5, 5.41) is 11.7. The Bertz CT molecular complexity index is 586. The molecule has 0 aliphatic carbocycles. The minimum Gasteiger partial charge on any atom is -0.357 e. The van der Waals surface area contributed by atoms with Crippen molar-refractivity contribution in [1.82, 2.24) is 15.0 Å². The Hall–Kier alpha value is -2.48. The molecule has 0 aromatic carbocycles. The number of nitrogens with one attached hydrogen (secondary N) is 1. The molecular weight excluding hydrogens is 214 g/mol. The van der Waals surface area contributed by atoms with Gasteiger partial charge in [0.15, 0.2) is 0 Å². The summed E-state index contributed by atoms with van der Waals surface area (Å²) in [4.78, 5) is 12.5. The van der Waals surface area contributed by atoms with Crippen molar-refractivity contribution < 1.29 is 0 Å². The van der Waals surface area contributed by atoms with Gasteiger partial charge in [0.25, 0.3) is 0 Å². The van der Waals surface area contributed by atoms with E-state index >= 15 is 0 Å². The minimum absolute atomic E-state index is 0.520. The Morgan fingerprint density at radius 3 is 2.82 bits per heavy atom. The molecule has 17 heavy (non-hydrogen) atoms. The lowest BCUT2D eigenvalue weighted by molar-refractivity contribution is 1.12. The number of pyridine rings is 1. The zero-order chi connectivity index (χ0) is 12.3. The highest BCUT2D eigenvalue weighted by atomic mass is 15.1. The van der Waals surface area contributed by atoms with Crippen molar-refractivity contribution in [2.75, 3.05) is 12.4 Å². The number of hydrogen-bond donors (Lipinski definition) is 1. The maximum atomic E-state index is 8.84. The lowest BCUT2D eigenvalue weighted by atomic mass is 10.1. The molecule has 2 aromatic rings. The van der Waals surface area contributed by atoms with Crippen molar-refractivity contribution >= 4 is 5.95 Å². The van der Waals surface area contributed by atoms with E-state index in [-0.39, 0.29) is 0 Å². The molecule has 0 saturated carbocycles. The lowest BCUT2D eigenvalue weighted by Gasteiger charge is -2.06. The van der Waals surface area contributed by atoms with E-state index in [0.29, 0.717) is 11.5 Å². The van der Waals surface area contributed by atoms with E-state index in [2.05, 4.69) is 26.3 Å². The summed E-state index contributed by atoms with van der Waals surface area (Å²) >= 11 is 0. The molecule has 5 nitrogen and oxygen atoms in total. The molecule has 2 aromatic heterocycles. The molecule has 0 atom stereocenters. The van der Waals surface area contributed by atoms with Crippen molar-refractivity contribution in [1.29, 1.82) is 5.26 Å². The molecule has 0 spiro atoms. The van der Waals surface area contributed by atoms with Gasteiger partial charge < -0.3 is 5.32 Å². The second-order valence-electron chi connectivity index (χ2n) is 3.55. The summed E-state index contributed by atoms with van der Waals surface area (Å²) in [5.41, 5.74) is 3.07. The van der Waals surface area contributed by atoms with Crippen molar-refractivity contribution in [3.05, 3.63) is 35.8 Å². The van der Waals surface area contributed by atoms with E-state index in [1.807, 2.05) is 6.92 Å². The Balaban J connectivity index is 2.55. The molecule has 0 amide bonds. The monoisotopic (exact) mass is 225 g/mol. The number of rotatable bonds is 2. The van der Waals surface area contributed by atoms with Gasteiger partial charge in [0.05, 0.1) is 11.3 Å². The maximum Gasteiger partial charge on any atom is 0.222 e. The predicted octanol–water partition coefficient (Wildman–Crippen LogP) is 1.76. The highest BCUT2D eigenvalue weighted by Crippen LogP contribution is 2.21. The first-order valence-electron chi connectivity index (χ1n) is 5.11. The van der Waals surface area contributed by atoms with Crippen LogP contribution in [-0.4, -0.2) is 22.0 Å². The first-order chi connectivity index (χ1) is 8.24. The molecule has 5 heteroatoms. The van der Waals surface area contributed by atoms with Gasteiger partial charge >= 0.3 is 0 Å². The fourth-order valence-electron chi connectivity index (χ4n) is 1.49. The summed E-state index contributed by atoms with van der Waals surface area (Å²) in [6.07, 6.45) is 4.96. The summed E-state index contributed by atoms with van der Waals surface area (Å²) in [6, 6.07) is 3.83. The van der Waals surface area contributed by atoms with Gasteiger partial charge in [-0.15, -0.1) is 0 Å². The smallest absolute Gasteiger partial charge is 0.222 e. The van der Waals surface area contributed by atoms with Crippen LogP contribution in [0.1, 0.15) is 11.1 Å². The van der Waals surface area contributed by atoms with Gasteiger partial charge in [-0.1, -0.05) is 0 Å². The number of hydrogen-bond acceptors (Lipinski definition) is 5. The number of anilines is 1. The predicted molar refractivity (Wildman–Crippen MR) is 64.3 cm³/mol. The van der Waals surface area contributed by atoms with E-state index in [1.54, 1.807) is 25.5 Å². The van der Waals surface area contributed by atoms with Crippen LogP contribution in [0.2, 0.25) is 0 Å². The van der Waals surface area contributed by atoms with Crippen molar-refractivity contribution in [3.63, 3.8) is 0 Å². The van der Waals surface area contributed by atoms with Gasteiger partial charge in [0, 0.05) is 31.2 Å². The number of nitriles is 1. The first-order valence-corrected chi connectivity index (χ1v) is 5.11. The molecule has 0 unspecified atom stereocenters. The third-order valence-corrected chi connectivity index (χ3v) is 2.34. The fraction of sp³-hybridized carbons (Fsp3) is 0.167. The Morgan fingerprint density at radius 1 is 1.29 bits per heavy atom. The third-order valence-electron chi connectivity index (χ3n) is 2.34. The van der Waals surface area contributed by atoms with E-state index in [1.165, 1.54) is 6.20 Å². The summed E-state index contributed by atoms with van der Waals surface area (Å²) in [5.74, 6) is 0.549. The average molecular weight is 225 g/mol. The maximum absolute atomic E-state index is 8.84. The topological polar surface area (TPSA) is 74.5 Å². The molecule has 2 rings (SSSR count). The van der Waals surface area contributed by atoms with Gasteiger partial charge in [-0.3, -0.25) is 4.98 Å². The van der Waals surface area contributed by atoms with Gasteiger partial charge in [0.2, 0.25) is 5.95 Å². The molecule has 0 aliphatic heterocycles. The van der Waals surface area contributed by atoms with Gasteiger partial charge in [-0.25, -0.2) is 9.97 Å². The molecule has 0 fully saturated rings. The van der Waals surface area contributed by atoms with Crippen LogP contribution in [0.25, 0.3) is 11.3 Å². The van der Waals surface area contributed by atoms with Crippen molar-refractivity contribution in [2.24, 2.45) is 0 Å². The molecule has 0 radical (unpaired) electrons. The standard InChI is InChI=1S/C12H11N5/c1-8-5-16-12(14-2)17-11(8)10-3-9(4-13)6-15-7-10/h3,5-7H,1-2H3,(H,14,16,17). The molecule has 84 valence electrons. The van der Waals surface area contributed by atoms with Gasteiger partial charge in [-0.2, -0.15) is 5.26 Å². The van der Waals surface area contributed by atoms with Crippen LogP contribution in [0.4, 0.5) is 5.95 Å². The minimum atomic E-state index is 0.520. The second kappa shape index (κ2) is 4.58. The Kier molecular flexibility index (Phi) is 2.97. The normalized spacial score (nSPS) is 9.71. The largest absolute Gasteiger partial charge is 0.357 e. The summed E-state index contributed by atoms with van der Waals surface area (Å²) in [7, 11) is 1.76. The molecule has 1 N–H and O–H groups in total. The molecule has 0 aliphatic rings. The summed E-state index contributed by atoms with van der Waals surface area (Å²) < 4.78 is 0. The van der Waals surface area contributed by atoms with Crippen LogP contribution in [0.5, 0.6) is 0 Å². The van der Waals surface area contributed by atoms with E-state index < -0.39 is 0 Å². The van der Waals surface area contributed by atoms with Crippen LogP contribution >= 0.6 is 0 Å². The summed E-state index contributed by atoms with van der Waals surface area (Å²) in [6.45, 7) is 1.92. The fourth-order valence-corrected chi connectivity index (χ4v) is 1.49. The second-order valence-corrected chi connectivity index (χ2v) is 3.55. The van der Waals surface area contributed by atoms with Gasteiger partial charge in [-0.05, 0) is 18.6 Å². The SMILES string of the molecule is CNc1ncc(C)c(-c2cncc(C#N)c2)n1. The van der Waals surface area contributed by atoms with E-state index in [9.17, 15) is 0 Å². The first kappa shape index (κ1) is 11.0.